The van der Waals surface area contributed by atoms with Crippen molar-refractivity contribution < 1.29 is 4.39 Å². The fourth-order valence-electron chi connectivity index (χ4n) is 1.36. The molecule has 0 fully saturated rings. The van der Waals surface area contributed by atoms with Crippen molar-refractivity contribution in [3.8, 4) is 17.2 Å². The molecular formula is C12H8ClFN4. The summed E-state index contributed by atoms with van der Waals surface area (Å²) in [5.74, 6) is -0.0952. The molecule has 0 bridgehead atoms. The van der Waals surface area contributed by atoms with E-state index in [1.54, 1.807) is 18.5 Å². The Morgan fingerprint density at radius 1 is 1.28 bits per heavy atom. The molecule has 2 aromatic rings. The standard InChI is InChI=1S/C12H8ClFN4/c13-10-5-8(1-2-11(10)14)9-6-17-12(18-7-9)16-4-3-15/h1-2,5-7H,4H2,(H,16,17,18). The highest BCUT2D eigenvalue weighted by Crippen LogP contribution is 2.24. The van der Waals surface area contributed by atoms with Crippen LogP contribution in [0, 0.1) is 17.1 Å². The summed E-state index contributed by atoms with van der Waals surface area (Å²) in [5.41, 5.74) is 1.45. The number of anilines is 1. The third-order valence-electron chi connectivity index (χ3n) is 2.23. The molecule has 1 aromatic heterocycles. The van der Waals surface area contributed by atoms with E-state index >= 15 is 0 Å². The van der Waals surface area contributed by atoms with Crippen molar-refractivity contribution in [2.24, 2.45) is 0 Å². The molecule has 0 unspecified atom stereocenters. The molecule has 0 aliphatic heterocycles. The zero-order valence-corrected chi connectivity index (χ0v) is 9.95. The lowest BCUT2D eigenvalue weighted by atomic mass is 10.1. The molecule has 1 aromatic carbocycles. The van der Waals surface area contributed by atoms with Crippen LogP contribution in [0.3, 0.4) is 0 Å². The Morgan fingerprint density at radius 3 is 2.61 bits per heavy atom. The van der Waals surface area contributed by atoms with Crippen LogP contribution in [0.1, 0.15) is 0 Å². The van der Waals surface area contributed by atoms with E-state index in [9.17, 15) is 4.39 Å². The van der Waals surface area contributed by atoms with Gasteiger partial charge in [0, 0.05) is 18.0 Å². The zero-order valence-electron chi connectivity index (χ0n) is 9.19. The molecule has 90 valence electrons. The van der Waals surface area contributed by atoms with Gasteiger partial charge in [-0.15, -0.1) is 0 Å². The van der Waals surface area contributed by atoms with Crippen LogP contribution in [-0.4, -0.2) is 16.5 Å². The van der Waals surface area contributed by atoms with Gasteiger partial charge in [0.2, 0.25) is 5.95 Å². The normalized spacial score (nSPS) is 9.83. The van der Waals surface area contributed by atoms with E-state index in [0.717, 1.165) is 11.1 Å². The van der Waals surface area contributed by atoms with E-state index in [-0.39, 0.29) is 11.6 Å². The maximum absolute atomic E-state index is 13.0. The Bertz CT molecular complexity index is 592. The van der Waals surface area contributed by atoms with Crippen LogP contribution in [0.4, 0.5) is 10.3 Å². The first kappa shape index (κ1) is 12.3. The van der Waals surface area contributed by atoms with E-state index < -0.39 is 5.82 Å². The lowest BCUT2D eigenvalue weighted by molar-refractivity contribution is 0.628. The van der Waals surface area contributed by atoms with Crippen molar-refractivity contribution in [2.75, 3.05) is 11.9 Å². The quantitative estimate of drug-likeness (QED) is 0.864. The van der Waals surface area contributed by atoms with Gasteiger partial charge >= 0.3 is 0 Å². The van der Waals surface area contributed by atoms with Gasteiger partial charge in [-0.2, -0.15) is 5.26 Å². The van der Waals surface area contributed by atoms with Crippen molar-refractivity contribution >= 4 is 17.5 Å². The van der Waals surface area contributed by atoms with E-state index in [4.69, 9.17) is 16.9 Å². The monoisotopic (exact) mass is 262 g/mol. The van der Waals surface area contributed by atoms with Crippen molar-refractivity contribution in [1.29, 1.82) is 5.26 Å². The fourth-order valence-corrected chi connectivity index (χ4v) is 1.54. The van der Waals surface area contributed by atoms with Gasteiger partial charge in [0.1, 0.15) is 12.4 Å². The maximum atomic E-state index is 13.0. The van der Waals surface area contributed by atoms with Gasteiger partial charge in [0.05, 0.1) is 11.1 Å². The summed E-state index contributed by atoms with van der Waals surface area (Å²) < 4.78 is 13.0. The Morgan fingerprint density at radius 2 is 2.00 bits per heavy atom. The second-order valence-electron chi connectivity index (χ2n) is 3.44. The lowest BCUT2D eigenvalue weighted by Crippen LogP contribution is -2.02. The van der Waals surface area contributed by atoms with Gasteiger partial charge in [0.15, 0.2) is 0 Å². The average molecular weight is 263 g/mol. The van der Waals surface area contributed by atoms with Crippen molar-refractivity contribution in [3.63, 3.8) is 0 Å². The smallest absolute Gasteiger partial charge is 0.223 e. The van der Waals surface area contributed by atoms with Crippen LogP contribution in [0.2, 0.25) is 5.02 Å². The summed E-state index contributed by atoms with van der Waals surface area (Å²) in [5, 5.41) is 11.2. The number of halogens is 2. The van der Waals surface area contributed by atoms with Crippen molar-refractivity contribution in [3.05, 3.63) is 41.4 Å². The summed E-state index contributed by atoms with van der Waals surface area (Å²) in [6, 6.07) is 6.33. The van der Waals surface area contributed by atoms with Gasteiger partial charge < -0.3 is 5.32 Å². The Hall–Kier alpha value is -2.19. The summed E-state index contributed by atoms with van der Waals surface area (Å²) >= 11 is 5.70. The molecule has 4 nitrogen and oxygen atoms in total. The maximum Gasteiger partial charge on any atom is 0.223 e. The summed E-state index contributed by atoms with van der Waals surface area (Å²) in [6.45, 7) is 0.141. The first-order chi connectivity index (χ1) is 8.70. The number of nitrogens with one attached hydrogen (secondary N) is 1. The summed E-state index contributed by atoms with van der Waals surface area (Å²) in [6.07, 6.45) is 3.16. The third-order valence-corrected chi connectivity index (χ3v) is 2.52. The first-order valence-corrected chi connectivity index (χ1v) is 5.47. The topological polar surface area (TPSA) is 61.6 Å². The molecule has 0 spiro atoms. The lowest BCUT2D eigenvalue weighted by Gasteiger charge is -2.04. The van der Waals surface area contributed by atoms with E-state index in [2.05, 4.69) is 15.3 Å². The predicted octanol–water partition coefficient (Wildman–Crippen LogP) is 2.87. The predicted molar refractivity (Wildman–Crippen MR) is 66.5 cm³/mol. The molecule has 0 amide bonds. The van der Waals surface area contributed by atoms with E-state index in [1.807, 2.05) is 6.07 Å². The minimum atomic E-state index is -0.464. The largest absolute Gasteiger partial charge is 0.341 e. The first-order valence-electron chi connectivity index (χ1n) is 5.09. The van der Waals surface area contributed by atoms with Crippen LogP contribution in [0.25, 0.3) is 11.1 Å². The molecule has 0 radical (unpaired) electrons. The molecular weight excluding hydrogens is 255 g/mol. The van der Waals surface area contributed by atoms with E-state index in [1.165, 1.54) is 12.1 Å². The molecule has 0 atom stereocenters. The number of nitriles is 1. The molecule has 18 heavy (non-hydrogen) atoms. The summed E-state index contributed by atoms with van der Waals surface area (Å²) in [4.78, 5) is 8.07. The van der Waals surface area contributed by atoms with E-state index in [0.29, 0.717) is 5.95 Å². The Kier molecular flexibility index (Phi) is 3.70. The number of hydrogen-bond donors (Lipinski definition) is 1. The molecule has 1 heterocycles. The molecule has 1 N–H and O–H groups in total. The minimum absolute atomic E-state index is 0.0548. The summed E-state index contributed by atoms with van der Waals surface area (Å²) in [7, 11) is 0. The Balaban J connectivity index is 2.23. The molecule has 0 saturated carbocycles. The second kappa shape index (κ2) is 5.43. The molecule has 0 aliphatic carbocycles. The SMILES string of the molecule is N#CCNc1ncc(-c2ccc(F)c(Cl)c2)cn1. The molecule has 6 heteroatoms. The van der Waals surface area contributed by atoms with Crippen molar-refractivity contribution in [1.82, 2.24) is 9.97 Å². The highest BCUT2D eigenvalue weighted by Gasteiger charge is 2.04. The number of hydrogen-bond acceptors (Lipinski definition) is 4. The van der Waals surface area contributed by atoms with Crippen LogP contribution in [0.15, 0.2) is 30.6 Å². The average Bonchev–Trinajstić information content (AvgIpc) is 2.40. The fraction of sp³-hybridized carbons (Fsp3) is 0.0833. The van der Waals surface area contributed by atoms with Gasteiger partial charge in [-0.25, -0.2) is 14.4 Å². The van der Waals surface area contributed by atoms with Gasteiger partial charge in [-0.3, -0.25) is 0 Å². The van der Waals surface area contributed by atoms with Crippen molar-refractivity contribution in [2.45, 2.75) is 0 Å². The van der Waals surface area contributed by atoms with Gasteiger partial charge in [-0.1, -0.05) is 17.7 Å². The van der Waals surface area contributed by atoms with Gasteiger partial charge in [0.25, 0.3) is 0 Å². The second-order valence-corrected chi connectivity index (χ2v) is 3.84. The van der Waals surface area contributed by atoms with Crippen LogP contribution < -0.4 is 5.32 Å². The third kappa shape index (κ3) is 2.73. The number of nitrogens with zero attached hydrogens (tertiary/aromatic N) is 3. The minimum Gasteiger partial charge on any atom is -0.341 e. The highest BCUT2D eigenvalue weighted by atomic mass is 35.5. The van der Waals surface area contributed by atoms with Crippen LogP contribution in [-0.2, 0) is 0 Å². The molecule has 0 saturated heterocycles. The Labute approximate surface area is 108 Å². The number of aromatic nitrogens is 2. The van der Waals surface area contributed by atoms with Crippen LogP contribution in [0.5, 0.6) is 0 Å². The number of rotatable bonds is 3. The zero-order chi connectivity index (χ0) is 13.0. The highest BCUT2D eigenvalue weighted by molar-refractivity contribution is 6.31. The number of benzene rings is 1. The molecule has 0 aliphatic rings. The molecule has 2 rings (SSSR count). The van der Waals surface area contributed by atoms with Crippen LogP contribution >= 0.6 is 11.6 Å². The van der Waals surface area contributed by atoms with Gasteiger partial charge in [-0.05, 0) is 17.7 Å².